The molecule has 184 valence electrons. The molecule has 2 aromatic rings. The molecule has 2 saturated heterocycles. The highest BCUT2D eigenvalue weighted by atomic mass is 35.5. The van der Waals surface area contributed by atoms with Crippen molar-refractivity contribution in [2.75, 3.05) is 39.8 Å². The number of rotatable bonds is 6. The van der Waals surface area contributed by atoms with Crippen molar-refractivity contribution in [3.05, 3.63) is 64.2 Å². The fourth-order valence-electron chi connectivity index (χ4n) is 6.72. The molecule has 5 rings (SSSR count). The highest BCUT2D eigenvalue weighted by molar-refractivity contribution is 6.31. The van der Waals surface area contributed by atoms with Crippen LogP contribution in [0.2, 0.25) is 5.02 Å². The van der Waals surface area contributed by atoms with Crippen molar-refractivity contribution in [2.24, 2.45) is 5.41 Å². The van der Waals surface area contributed by atoms with Crippen LogP contribution in [0.15, 0.2) is 42.5 Å². The third-order valence-electron chi connectivity index (χ3n) is 8.76. The topological polar surface area (TPSA) is 27.7 Å². The van der Waals surface area contributed by atoms with Crippen LogP contribution >= 0.6 is 11.6 Å². The summed E-state index contributed by atoms with van der Waals surface area (Å²) in [7, 11) is 1.69. The van der Waals surface area contributed by atoms with Gasteiger partial charge in [-0.25, -0.2) is 0 Å². The maximum atomic E-state index is 6.63. The van der Waals surface area contributed by atoms with E-state index in [4.69, 9.17) is 16.3 Å². The minimum atomic E-state index is 0.432. The predicted molar refractivity (Wildman–Crippen MR) is 141 cm³/mol. The Labute approximate surface area is 210 Å². The van der Waals surface area contributed by atoms with E-state index in [0.717, 1.165) is 37.0 Å². The second kappa shape index (κ2) is 10.2. The standard InChI is InChI=1S/C29H40ClN3O/c1-21(2)24-6-4-5-7-25(24)27-20-32(19-22-8-9-23(34-3)18-26(22)30)16-17-33(27)28-10-11-29(28)12-14-31-15-13-29/h4-9,18,21,27-28,31H,10-17,19-20H2,1-3H3. The van der Waals surface area contributed by atoms with E-state index in [1.54, 1.807) is 7.11 Å². The maximum Gasteiger partial charge on any atom is 0.120 e. The summed E-state index contributed by atoms with van der Waals surface area (Å²) in [6, 6.07) is 16.4. The molecule has 2 aromatic carbocycles. The van der Waals surface area contributed by atoms with E-state index >= 15 is 0 Å². The van der Waals surface area contributed by atoms with Crippen molar-refractivity contribution < 1.29 is 4.74 Å². The monoisotopic (exact) mass is 481 g/mol. The molecule has 3 aliphatic rings. The second-order valence-corrected chi connectivity index (χ2v) is 11.3. The zero-order valence-corrected chi connectivity index (χ0v) is 21.8. The van der Waals surface area contributed by atoms with Crippen LogP contribution in [0.5, 0.6) is 5.75 Å². The first-order valence-corrected chi connectivity index (χ1v) is 13.5. The second-order valence-electron chi connectivity index (χ2n) is 10.9. The van der Waals surface area contributed by atoms with E-state index in [2.05, 4.69) is 59.3 Å². The number of hydrogen-bond donors (Lipinski definition) is 1. The van der Waals surface area contributed by atoms with Crippen LogP contribution < -0.4 is 10.1 Å². The molecule has 1 N–H and O–H groups in total. The van der Waals surface area contributed by atoms with Crippen LogP contribution in [0.4, 0.5) is 0 Å². The Morgan fingerprint density at radius 2 is 1.88 bits per heavy atom. The number of halogens is 1. The van der Waals surface area contributed by atoms with Crippen LogP contribution in [0.25, 0.3) is 0 Å². The SMILES string of the molecule is COc1ccc(CN2CCN(C3CCC34CCNCC4)C(c3ccccc3C(C)C)C2)c(Cl)c1. The van der Waals surface area contributed by atoms with Gasteiger partial charge in [0.1, 0.15) is 5.75 Å². The first kappa shape index (κ1) is 24.1. The summed E-state index contributed by atoms with van der Waals surface area (Å²) < 4.78 is 5.36. The first-order chi connectivity index (χ1) is 16.5. The molecule has 1 aliphatic carbocycles. The Hall–Kier alpha value is -1.59. The van der Waals surface area contributed by atoms with Gasteiger partial charge in [0.15, 0.2) is 0 Å². The number of nitrogens with zero attached hydrogens (tertiary/aromatic N) is 2. The lowest BCUT2D eigenvalue weighted by Crippen LogP contribution is -2.63. The summed E-state index contributed by atoms with van der Waals surface area (Å²) in [6.07, 6.45) is 5.42. The molecule has 2 heterocycles. The van der Waals surface area contributed by atoms with E-state index in [1.165, 1.54) is 55.5 Å². The smallest absolute Gasteiger partial charge is 0.120 e. The van der Waals surface area contributed by atoms with Crippen LogP contribution in [0.3, 0.4) is 0 Å². The highest BCUT2D eigenvalue weighted by Gasteiger charge is 2.51. The zero-order chi connectivity index (χ0) is 23.7. The molecule has 34 heavy (non-hydrogen) atoms. The van der Waals surface area contributed by atoms with Gasteiger partial charge < -0.3 is 10.1 Å². The third kappa shape index (κ3) is 4.63. The van der Waals surface area contributed by atoms with Gasteiger partial charge in [-0.3, -0.25) is 9.80 Å². The molecule has 3 fully saturated rings. The van der Waals surface area contributed by atoms with Crippen molar-refractivity contribution in [3.8, 4) is 5.75 Å². The third-order valence-corrected chi connectivity index (χ3v) is 9.11. The molecule has 0 aromatic heterocycles. The summed E-state index contributed by atoms with van der Waals surface area (Å²) in [5, 5.41) is 4.40. The number of nitrogens with one attached hydrogen (secondary N) is 1. The molecule has 2 aliphatic heterocycles. The lowest BCUT2D eigenvalue weighted by atomic mass is 9.58. The van der Waals surface area contributed by atoms with Crippen LogP contribution in [0.1, 0.15) is 68.2 Å². The van der Waals surface area contributed by atoms with Gasteiger partial charge in [0.05, 0.1) is 7.11 Å². The Bertz CT molecular complexity index is 987. The molecular formula is C29H40ClN3O. The van der Waals surface area contributed by atoms with Crippen LogP contribution in [-0.2, 0) is 6.54 Å². The Morgan fingerprint density at radius 3 is 2.56 bits per heavy atom. The fourth-order valence-corrected chi connectivity index (χ4v) is 6.95. The van der Waals surface area contributed by atoms with Crippen molar-refractivity contribution in [1.29, 1.82) is 0 Å². The van der Waals surface area contributed by atoms with E-state index in [1.807, 2.05) is 12.1 Å². The van der Waals surface area contributed by atoms with Gasteiger partial charge in [0.25, 0.3) is 0 Å². The summed E-state index contributed by atoms with van der Waals surface area (Å²) in [6.45, 7) is 11.2. The summed E-state index contributed by atoms with van der Waals surface area (Å²) in [4.78, 5) is 5.52. The van der Waals surface area contributed by atoms with E-state index < -0.39 is 0 Å². The molecule has 0 bridgehead atoms. The van der Waals surface area contributed by atoms with Crippen molar-refractivity contribution in [3.63, 3.8) is 0 Å². The summed E-state index contributed by atoms with van der Waals surface area (Å²) in [5.74, 6) is 1.35. The van der Waals surface area contributed by atoms with E-state index in [0.29, 0.717) is 23.4 Å². The molecule has 1 saturated carbocycles. The van der Waals surface area contributed by atoms with Crippen LogP contribution in [-0.4, -0.2) is 55.7 Å². The van der Waals surface area contributed by atoms with Gasteiger partial charge >= 0.3 is 0 Å². The zero-order valence-electron chi connectivity index (χ0n) is 21.0. The molecule has 5 heteroatoms. The molecular weight excluding hydrogens is 442 g/mol. The maximum absolute atomic E-state index is 6.63. The van der Waals surface area contributed by atoms with Crippen molar-refractivity contribution in [2.45, 2.75) is 64.1 Å². The fraction of sp³-hybridized carbons (Fsp3) is 0.586. The van der Waals surface area contributed by atoms with Gasteiger partial charge in [0, 0.05) is 43.3 Å². The molecule has 2 atom stereocenters. The quantitative estimate of drug-likeness (QED) is 0.559. The molecule has 2 unspecified atom stereocenters. The number of methoxy groups -OCH3 is 1. The van der Waals surface area contributed by atoms with Gasteiger partial charge in [-0.15, -0.1) is 0 Å². The minimum absolute atomic E-state index is 0.432. The average molecular weight is 482 g/mol. The van der Waals surface area contributed by atoms with Gasteiger partial charge in [-0.1, -0.05) is 55.8 Å². The molecule has 1 spiro atoms. The van der Waals surface area contributed by atoms with E-state index in [-0.39, 0.29) is 0 Å². The number of benzene rings is 2. The Balaban J connectivity index is 1.42. The van der Waals surface area contributed by atoms with Gasteiger partial charge in [-0.2, -0.15) is 0 Å². The molecule has 0 radical (unpaired) electrons. The number of piperidine rings is 1. The Morgan fingerprint density at radius 1 is 1.09 bits per heavy atom. The largest absolute Gasteiger partial charge is 0.497 e. The molecule has 0 amide bonds. The van der Waals surface area contributed by atoms with Gasteiger partial charge in [-0.05, 0) is 78.9 Å². The Kier molecular flexibility index (Phi) is 7.22. The van der Waals surface area contributed by atoms with Crippen molar-refractivity contribution in [1.82, 2.24) is 15.1 Å². The lowest BCUT2D eigenvalue weighted by molar-refractivity contribution is -0.0905. The minimum Gasteiger partial charge on any atom is -0.497 e. The van der Waals surface area contributed by atoms with E-state index in [9.17, 15) is 0 Å². The molecule has 4 nitrogen and oxygen atoms in total. The number of hydrogen-bond acceptors (Lipinski definition) is 4. The predicted octanol–water partition coefficient (Wildman–Crippen LogP) is 5.86. The van der Waals surface area contributed by atoms with Crippen LogP contribution in [0, 0.1) is 5.41 Å². The summed E-state index contributed by atoms with van der Waals surface area (Å²) >= 11 is 6.63. The van der Waals surface area contributed by atoms with Gasteiger partial charge in [0.2, 0.25) is 0 Å². The average Bonchev–Trinajstić information content (AvgIpc) is 2.86. The highest BCUT2D eigenvalue weighted by Crippen LogP contribution is 2.53. The number of ether oxygens (including phenoxy) is 1. The lowest BCUT2D eigenvalue weighted by Gasteiger charge is -2.60. The normalized spacial score (nSPS) is 25.4. The summed E-state index contributed by atoms with van der Waals surface area (Å²) in [5.41, 5.74) is 4.74. The first-order valence-electron chi connectivity index (χ1n) is 13.1. The van der Waals surface area contributed by atoms with Crippen molar-refractivity contribution >= 4 is 11.6 Å². The number of piperazine rings is 1.